The van der Waals surface area contributed by atoms with E-state index in [-0.39, 0.29) is 28.3 Å². The predicted octanol–water partition coefficient (Wildman–Crippen LogP) is 3.87. The number of nitrogens with zero attached hydrogens (tertiary/aromatic N) is 6. The van der Waals surface area contributed by atoms with Crippen molar-refractivity contribution in [3.8, 4) is 10.9 Å². The lowest BCUT2D eigenvalue weighted by molar-refractivity contribution is -0.129. The molecule has 9 nitrogen and oxygen atoms in total. The number of halogens is 4. The molecule has 1 atom stereocenters. The summed E-state index contributed by atoms with van der Waals surface area (Å²) in [5, 5.41) is 9.65. The minimum absolute atomic E-state index is 0.00237. The summed E-state index contributed by atoms with van der Waals surface area (Å²) in [7, 11) is -2.03. The third kappa shape index (κ3) is 7.08. The van der Waals surface area contributed by atoms with Gasteiger partial charge in [0.1, 0.15) is 5.69 Å². The molecule has 0 aromatic carbocycles. The van der Waals surface area contributed by atoms with E-state index in [0.29, 0.717) is 5.69 Å². The molecule has 0 aliphatic heterocycles. The van der Waals surface area contributed by atoms with Crippen LogP contribution in [0, 0.1) is 0 Å². The number of carbonyl (C=O) groups is 1. The van der Waals surface area contributed by atoms with Gasteiger partial charge in [0, 0.05) is 40.9 Å². The second-order valence-corrected chi connectivity index (χ2v) is 9.38. The monoisotopic (exact) mass is 534 g/mol. The van der Waals surface area contributed by atoms with Crippen LogP contribution >= 0.6 is 22.9 Å². The highest BCUT2D eigenvalue weighted by atomic mass is 35.5. The molecule has 0 radical (unpaired) electrons. The minimum atomic E-state index is -4.47. The first-order valence-electron chi connectivity index (χ1n) is 9.70. The zero-order valence-corrected chi connectivity index (χ0v) is 20.0. The number of hydrogen-bond acceptors (Lipinski definition) is 8. The lowest BCUT2D eigenvalue weighted by Gasteiger charge is -2.20. The largest absolute Gasteiger partial charge is 0.390 e. The van der Waals surface area contributed by atoms with E-state index in [2.05, 4.69) is 20.2 Å². The van der Waals surface area contributed by atoms with Crippen molar-refractivity contribution >= 4 is 51.0 Å². The molecule has 34 heavy (non-hydrogen) atoms. The van der Waals surface area contributed by atoms with Crippen molar-refractivity contribution in [3.63, 3.8) is 0 Å². The minimum Gasteiger partial charge on any atom is -0.324 e. The molecule has 15 heteroatoms. The Morgan fingerprint density at radius 3 is 2.79 bits per heavy atom. The van der Waals surface area contributed by atoms with Crippen LogP contribution in [0.5, 0.6) is 5.19 Å². The Morgan fingerprint density at radius 2 is 2.18 bits per heavy atom. The number of hydrogen-bond donors (Lipinski definition) is 0. The summed E-state index contributed by atoms with van der Waals surface area (Å²) in [5.74, 6) is -1.98. The number of pyridine rings is 1. The molecule has 0 fully saturated rings. The Bertz CT molecular complexity index is 1160. The van der Waals surface area contributed by atoms with Crippen LogP contribution in [-0.4, -0.2) is 59.8 Å². The van der Waals surface area contributed by atoms with E-state index in [4.69, 9.17) is 16.4 Å². The lowest BCUT2D eigenvalue weighted by Crippen LogP contribution is -2.39. The Labute approximate surface area is 203 Å². The number of thiazole rings is 1. The average Bonchev–Trinajstić information content (AvgIpc) is 3.46. The topological polar surface area (TPSA) is 103 Å². The third-order valence-electron chi connectivity index (χ3n) is 4.22. The summed E-state index contributed by atoms with van der Waals surface area (Å²) in [5.41, 5.74) is 0.470. The highest BCUT2D eigenvalue weighted by molar-refractivity contribution is 7.85. The third-order valence-corrected chi connectivity index (χ3v) is 6.38. The lowest BCUT2D eigenvalue weighted by atomic mass is 10.3. The fourth-order valence-electron chi connectivity index (χ4n) is 2.66. The summed E-state index contributed by atoms with van der Waals surface area (Å²) in [6.07, 6.45) is 0.350. The highest BCUT2D eigenvalue weighted by Crippen LogP contribution is 2.26. The molecule has 0 N–H and O–H groups in total. The van der Waals surface area contributed by atoms with Gasteiger partial charge in [-0.3, -0.25) is 14.0 Å². The maximum atomic E-state index is 13.3. The summed E-state index contributed by atoms with van der Waals surface area (Å²) in [6, 6.07) is 3.43. The van der Waals surface area contributed by atoms with Crippen LogP contribution in [0.25, 0.3) is 5.69 Å². The van der Waals surface area contributed by atoms with Crippen LogP contribution < -0.4 is 9.74 Å². The van der Waals surface area contributed by atoms with E-state index in [1.165, 1.54) is 22.0 Å². The Kier molecular flexibility index (Phi) is 8.74. The average molecular weight is 535 g/mol. The van der Waals surface area contributed by atoms with Crippen LogP contribution in [0.15, 0.2) is 47.5 Å². The van der Waals surface area contributed by atoms with Crippen LogP contribution in [-0.2, 0) is 15.6 Å². The molecule has 0 aliphatic carbocycles. The first-order chi connectivity index (χ1) is 16.2. The van der Waals surface area contributed by atoms with Crippen molar-refractivity contribution in [2.24, 2.45) is 5.16 Å². The van der Waals surface area contributed by atoms with Crippen molar-refractivity contribution in [1.29, 1.82) is 0 Å². The molecular formula is C19H18ClF3N6O3S2. The van der Waals surface area contributed by atoms with Crippen molar-refractivity contribution in [2.45, 2.75) is 19.5 Å². The van der Waals surface area contributed by atoms with Gasteiger partial charge in [-0.1, -0.05) is 28.1 Å². The number of anilines is 1. The summed E-state index contributed by atoms with van der Waals surface area (Å²) >= 11 is 7.36. The summed E-state index contributed by atoms with van der Waals surface area (Å²) in [4.78, 5) is 27.5. The van der Waals surface area contributed by atoms with Crippen molar-refractivity contribution in [1.82, 2.24) is 19.7 Å². The summed E-state index contributed by atoms with van der Waals surface area (Å²) in [6.45, 7) is 1.78. The molecular weight excluding hydrogens is 517 g/mol. The second kappa shape index (κ2) is 11.5. The first-order valence-corrected chi connectivity index (χ1v) is 12.4. The van der Waals surface area contributed by atoms with E-state index in [9.17, 15) is 22.2 Å². The van der Waals surface area contributed by atoms with Gasteiger partial charge in [-0.15, -0.1) is 0 Å². The Hall–Kier alpha value is -2.84. The number of amides is 1. The molecule has 3 rings (SSSR count). The number of aromatic nitrogens is 4. The molecule has 0 saturated heterocycles. The molecule has 0 bridgehead atoms. The zero-order chi connectivity index (χ0) is 24.7. The van der Waals surface area contributed by atoms with E-state index >= 15 is 0 Å². The van der Waals surface area contributed by atoms with Crippen LogP contribution in [0.3, 0.4) is 0 Å². The van der Waals surface area contributed by atoms with Gasteiger partial charge in [0.15, 0.2) is 10.9 Å². The van der Waals surface area contributed by atoms with E-state index < -0.39 is 40.8 Å². The quantitative estimate of drug-likeness (QED) is 0.289. The molecule has 1 amide bonds. The normalized spacial score (nSPS) is 13.0. The van der Waals surface area contributed by atoms with Crippen LogP contribution in [0.4, 0.5) is 18.9 Å². The van der Waals surface area contributed by atoms with E-state index in [1.807, 2.05) is 0 Å². The van der Waals surface area contributed by atoms with Gasteiger partial charge < -0.3 is 9.74 Å². The Balaban J connectivity index is 1.86. The van der Waals surface area contributed by atoms with Gasteiger partial charge >= 0.3 is 11.4 Å². The van der Waals surface area contributed by atoms with Crippen molar-refractivity contribution in [2.75, 3.05) is 23.0 Å². The molecule has 3 aromatic rings. The molecule has 3 aromatic heterocycles. The fraction of sp³-hybridized carbons (Fsp3) is 0.316. The number of oxime groups is 1. The first kappa shape index (κ1) is 25.8. The van der Waals surface area contributed by atoms with Gasteiger partial charge in [0.25, 0.3) is 5.91 Å². The van der Waals surface area contributed by atoms with Crippen molar-refractivity contribution < 1.29 is 27.0 Å². The maximum absolute atomic E-state index is 13.3. The van der Waals surface area contributed by atoms with Gasteiger partial charge in [-0.25, -0.2) is 9.67 Å². The Morgan fingerprint density at radius 1 is 1.38 bits per heavy atom. The molecule has 1 unspecified atom stereocenters. The summed E-state index contributed by atoms with van der Waals surface area (Å²) < 4.78 is 51.3. The SMILES string of the molecule is CCN(C(=O)/C(CS(=O)CCC(F)(F)F)=N\Oc1nccs1)c1cn(-c2cccnc2)nc1Cl. The number of alkyl halides is 3. The van der Waals surface area contributed by atoms with Gasteiger partial charge in [-0.2, -0.15) is 18.3 Å². The fourth-order valence-corrected chi connectivity index (χ4v) is 4.41. The maximum Gasteiger partial charge on any atom is 0.390 e. The number of carbonyl (C=O) groups excluding carboxylic acids is 1. The predicted molar refractivity (Wildman–Crippen MR) is 123 cm³/mol. The number of rotatable bonds is 10. The zero-order valence-electron chi connectivity index (χ0n) is 17.6. The highest BCUT2D eigenvalue weighted by Gasteiger charge is 2.30. The van der Waals surface area contributed by atoms with E-state index in [1.54, 1.807) is 36.8 Å². The molecule has 0 aliphatic rings. The smallest absolute Gasteiger partial charge is 0.324 e. The molecule has 0 saturated carbocycles. The van der Waals surface area contributed by atoms with Gasteiger partial charge in [0.2, 0.25) is 0 Å². The van der Waals surface area contributed by atoms with Crippen molar-refractivity contribution in [3.05, 3.63) is 47.5 Å². The standard InChI is InChI=1S/C19H18ClF3N6O3S2/c1-2-28(15-11-29(26-16(15)20)13-4-3-6-24-10-13)17(30)14(27-32-18-25-7-8-33-18)12-34(31)9-5-19(21,22)23/h3-4,6-8,10-11H,2,5,9,12H2,1H3/b27-14-. The van der Waals surface area contributed by atoms with Gasteiger partial charge in [0.05, 0.1) is 30.3 Å². The van der Waals surface area contributed by atoms with E-state index in [0.717, 1.165) is 11.3 Å². The molecule has 0 spiro atoms. The van der Waals surface area contributed by atoms with Gasteiger partial charge in [-0.05, 0) is 19.1 Å². The molecule has 3 heterocycles. The molecule has 182 valence electrons. The van der Waals surface area contributed by atoms with Crippen LogP contribution in [0.2, 0.25) is 5.15 Å². The second-order valence-electron chi connectivity index (χ2n) is 6.59. The van der Waals surface area contributed by atoms with Crippen LogP contribution in [0.1, 0.15) is 13.3 Å².